The van der Waals surface area contributed by atoms with Crippen molar-refractivity contribution in [2.24, 2.45) is 5.92 Å². The fourth-order valence-electron chi connectivity index (χ4n) is 4.47. The molecule has 4 aromatic heterocycles. The van der Waals surface area contributed by atoms with Gasteiger partial charge >= 0.3 is 0 Å². The van der Waals surface area contributed by atoms with E-state index < -0.39 is 24.2 Å². The molecule has 5 N–H and O–H groups in total. The summed E-state index contributed by atoms with van der Waals surface area (Å²) >= 11 is 3.08. The number of nitrogens with one attached hydrogen (secondary N) is 2. The van der Waals surface area contributed by atoms with Gasteiger partial charge in [-0.1, -0.05) is 0 Å². The highest BCUT2D eigenvalue weighted by atomic mass is 32.1. The summed E-state index contributed by atoms with van der Waals surface area (Å²) in [6.07, 6.45) is 0.113. The van der Waals surface area contributed by atoms with Crippen molar-refractivity contribution in [2.75, 3.05) is 17.2 Å². The molecule has 4 atom stereocenters. The van der Waals surface area contributed by atoms with E-state index in [-0.39, 0.29) is 6.61 Å². The smallest absolute Gasteiger partial charge is 0.225 e. The van der Waals surface area contributed by atoms with Gasteiger partial charge in [0, 0.05) is 29.8 Å². The molecule has 0 bridgehead atoms. The van der Waals surface area contributed by atoms with Crippen LogP contribution in [-0.2, 0) is 6.54 Å². The highest BCUT2D eigenvalue weighted by Gasteiger charge is 2.41. The Morgan fingerprint density at radius 2 is 1.89 bits per heavy atom. The number of aromatic nitrogens is 5. The lowest BCUT2D eigenvalue weighted by Crippen LogP contribution is -2.35. The average Bonchev–Trinajstić information content (AvgIpc) is 3.54. The minimum Gasteiger partial charge on any atom is -0.396 e. The van der Waals surface area contributed by atoms with Gasteiger partial charge in [0.05, 0.1) is 40.3 Å². The Bertz CT molecular complexity index is 1340. The van der Waals surface area contributed by atoms with Gasteiger partial charge in [0.25, 0.3) is 0 Å². The van der Waals surface area contributed by atoms with Crippen molar-refractivity contribution < 1.29 is 15.3 Å². The number of pyridine rings is 1. The van der Waals surface area contributed by atoms with E-state index in [1.807, 2.05) is 32.2 Å². The maximum Gasteiger partial charge on any atom is 0.225 e. The number of rotatable bonds is 7. The van der Waals surface area contributed by atoms with Crippen molar-refractivity contribution >= 4 is 44.7 Å². The Morgan fingerprint density at radius 1 is 1.06 bits per heavy atom. The van der Waals surface area contributed by atoms with Crippen molar-refractivity contribution in [3.05, 3.63) is 39.7 Å². The van der Waals surface area contributed by atoms with Crippen LogP contribution < -0.4 is 10.6 Å². The second kappa shape index (κ2) is 9.70. The number of thiazole rings is 2. The van der Waals surface area contributed by atoms with Crippen molar-refractivity contribution in [1.29, 1.82) is 0 Å². The molecule has 1 aliphatic carbocycles. The van der Waals surface area contributed by atoms with Gasteiger partial charge in [-0.05, 0) is 33.3 Å². The first-order valence-electron chi connectivity index (χ1n) is 11.3. The van der Waals surface area contributed by atoms with E-state index in [1.165, 1.54) is 11.3 Å². The summed E-state index contributed by atoms with van der Waals surface area (Å²) < 4.78 is 1.03. The van der Waals surface area contributed by atoms with Gasteiger partial charge in [0.15, 0.2) is 0 Å². The summed E-state index contributed by atoms with van der Waals surface area (Å²) in [7, 11) is 0. The van der Waals surface area contributed by atoms with Crippen LogP contribution in [0.5, 0.6) is 0 Å². The van der Waals surface area contributed by atoms with Crippen molar-refractivity contribution in [1.82, 2.24) is 24.9 Å². The van der Waals surface area contributed by atoms with Gasteiger partial charge in [-0.25, -0.2) is 15.0 Å². The molecule has 0 amide bonds. The predicted molar refractivity (Wildman–Crippen MR) is 137 cm³/mol. The summed E-state index contributed by atoms with van der Waals surface area (Å²) in [5.74, 6) is 0.524. The van der Waals surface area contributed by atoms with Crippen LogP contribution in [0, 0.1) is 26.7 Å². The second-order valence-corrected chi connectivity index (χ2v) is 10.8. The standard InChI is InChI=1S/C23H27N7O3S2/c1-10-6-15-18(12(3)26-10)29-22(35-15)17-11(2)27-23(25-8-16-24-4-5-34-16)30-21(17)28-14-7-13(9-31)19(32)20(14)33/h4-6,13-14,19-20,31-33H,7-9H2,1-3H3,(H2,25,27,28,30)/t13-,14-,19-,20+/m1/s1. The Morgan fingerprint density at radius 3 is 2.60 bits per heavy atom. The molecule has 184 valence electrons. The third-order valence-electron chi connectivity index (χ3n) is 6.22. The van der Waals surface area contributed by atoms with Crippen LogP contribution in [0.25, 0.3) is 20.8 Å². The third kappa shape index (κ3) is 4.71. The molecule has 0 saturated heterocycles. The molecule has 10 nitrogen and oxygen atoms in total. The maximum absolute atomic E-state index is 10.6. The molecule has 0 unspecified atom stereocenters. The monoisotopic (exact) mass is 513 g/mol. The number of hydrogen-bond donors (Lipinski definition) is 5. The number of nitrogens with zero attached hydrogens (tertiary/aromatic N) is 5. The third-order valence-corrected chi connectivity index (χ3v) is 8.02. The van der Waals surface area contributed by atoms with Crippen LogP contribution in [0.2, 0.25) is 0 Å². The Hall–Kier alpha value is -2.77. The fraction of sp³-hybridized carbons (Fsp3) is 0.435. The van der Waals surface area contributed by atoms with E-state index in [9.17, 15) is 15.3 Å². The summed E-state index contributed by atoms with van der Waals surface area (Å²) in [6, 6.07) is 1.53. The quantitative estimate of drug-likeness (QED) is 0.250. The molecule has 4 aromatic rings. The minimum absolute atomic E-state index is 0.198. The van der Waals surface area contributed by atoms with Crippen LogP contribution in [0.4, 0.5) is 11.8 Å². The van der Waals surface area contributed by atoms with Crippen LogP contribution in [0.1, 0.15) is 28.5 Å². The van der Waals surface area contributed by atoms with Crippen LogP contribution in [0.15, 0.2) is 17.6 Å². The number of aliphatic hydroxyl groups excluding tert-OH is 3. The lowest BCUT2D eigenvalue weighted by atomic mass is 10.1. The first-order valence-corrected chi connectivity index (χ1v) is 13.0. The lowest BCUT2D eigenvalue weighted by molar-refractivity contribution is 0.00446. The number of hydrogen-bond acceptors (Lipinski definition) is 12. The van der Waals surface area contributed by atoms with Gasteiger partial charge in [-0.3, -0.25) is 4.98 Å². The number of aryl methyl sites for hydroxylation is 3. The van der Waals surface area contributed by atoms with E-state index in [0.29, 0.717) is 24.7 Å². The van der Waals surface area contributed by atoms with Gasteiger partial charge in [-0.2, -0.15) is 4.98 Å². The molecule has 0 aliphatic heterocycles. The van der Waals surface area contributed by atoms with Gasteiger partial charge in [0.1, 0.15) is 27.5 Å². The zero-order valence-corrected chi connectivity index (χ0v) is 21.2. The molecule has 0 radical (unpaired) electrons. The highest BCUT2D eigenvalue weighted by molar-refractivity contribution is 7.21. The van der Waals surface area contributed by atoms with E-state index in [4.69, 9.17) is 9.97 Å². The molecule has 4 heterocycles. The van der Waals surface area contributed by atoms with E-state index >= 15 is 0 Å². The molecule has 12 heteroatoms. The average molecular weight is 514 g/mol. The Labute approximate surface area is 210 Å². The Kier molecular flexibility index (Phi) is 6.64. The van der Waals surface area contributed by atoms with Crippen molar-refractivity contribution in [2.45, 2.75) is 52.0 Å². The largest absolute Gasteiger partial charge is 0.396 e. The van der Waals surface area contributed by atoms with Gasteiger partial charge in [0.2, 0.25) is 5.95 Å². The van der Waals surface area contributed by atoms with E-state index in [1.54, 1.807) is 17.5 Å². The summed E-state index contributed by atoms with van der Waals surface area (Å²) in [4.78, 5) is 23.1. The summed E-state index contributed by atoms with van der Waals surface area (Å²) in [5, 5.41) is 40.7. The molecule has 0 spiro atoms. The Balaban J connectivity index is 1.55. The zero-order valence-electron chi connectivity index (χ0n) is 19.6. The van der Waals surface area contributed by atoms with E-state index in [0.717, 1.165) is 42.9 Å². The van der Waals surface area contributed by atoms with E-state index in [2.05, 4.69) is 25.6 Å². The summed E-state index contributed by atoms with van der Waals surface area (Å²) in [5.41, 5.74) is 4.08. The lowest BCUT2D eigenvalue weighted by Gasteiger charge is -2.21. The normalized spacial score (nSPS) is 22.1. The molecule has 5 rings (SSSR count). The number of fused-ring (bicyclic) bond motifs is 1. The van der Waals surface area contributed by atoms with Gasteiger partial charge in [-0.15, -0.1) is 22.7 Å². The second-order valence-electron chi connectivity index (χ2n) is 8.76. The molecule has 35 heavy (non-hydrogen) atoms. The fourth-order valence-corrected chi connectivity index (χ4v) is 6.23. The topological polar surface area (TPSA) is 149 Å². The van der Waals surface area contributed by atoms with Crippen LogP contribution in [0.3, 0.4) is 0 Å². The molecular weight excluding hydrogens is 486 g/mol. The number of aliphatic hydroxyl groups is 3. The van der Waals surface area contributed by atoms with Crippen molar-refractivity contribution in [3.8, 4) is 10.6 Å². The predicted octanol–water partition coefficient (Wildman–Crippen LogP) is 2.66. The first kappa shape index (κ1) is 23.9. The highest BCUT2D eigenvalue weighted by Crippen LogP contribution is 2.38. The first-order chi connectivity index (χ1) is 16.8. The van der Waals surface area contributed by atoms with Crippen molar-refractivity contribution in [3.63, 3.8) is 0 Å². The minimum atomic E-state index is -1.04. The summed E-state index contributed by atoms with van der Waals surface area (Å²) in [6.45, 7) is 6.09. The molecule has 1 saturated carbocycles. The maximum atomic E-state index is 10.6. The zero-order chi connectivity index (χ0) is 24.7. The van der Waals surface area contributed by atoms with Crippen LogP contribution in [-0.4, -0.2) is 65.1 Å². The molecule has 1 aliphatic rings. The molecule has 1 fully saturated rings. The molecule has 0 aromatic carbocycles. The van der Waals surface area contributed by atoms with Crippen LogP contribution >= 0.6 is 22.7 Å². The number of anilines is 2. The molecular formula is C23H27N7O3S2. The van der Waals surface area contributed by atoms with Gasteiger partial charge < -0.3 is 26.0 Å². The SMILES string of the molecule is Cc1cc2sc(-c3c(C)nc(NCc4nccs4)nc3N[C@@H]3C[C@H](CO)[C@@H](O)[C@H]3O)nc2c(C)n1.